The summed E-state index contributed by atoms with van der Waals surface area (Å²) in [5.41, 5.74) is 3.90. The normalized spacial score (nSPS) is 10.8. The summed E-state index contributed by atoms with van der Waals surface area (Å²) in [5.74, 6) is 0. The van der Waals surface area contributed by atoms with Gasteiger partial charge in [0.1, 0.15) is 0 Å². The summed E-state index contributed by atoms with van der Waals surface area (Å²) >= 11 is 0. The highest BCUT2D eigenvalue weighted by Crippen LogP contribution is 2.30. The van der Waals surface area contributed by atoms with E-state index in [1.54, 1.807) is 0 Å². The van der Waals surface area contributed by atoms with Crippen molar-refractivity contribution in [2.45, 2.75) is 6.54 Å². The molecule has 1 heteroatoms. The molecule has 0 spiro atoms. The van der Waals surface area contributed by atoms with Crippen molar-refractivity contribution in [2.75, 3.05) is 7.05 Å². The van der Waals surface area contributed by atoms with Gasteiger partial charge in [-0.15, -0.1) is 0 Å². The fourth-order valence-corrected chi connectivity index (χ4v) is 2.54. The summed E-state index contributed by atoms with van der Waals surface area (Å²) in [6, 6.07) is 23.7. The molecular formula is C18H17N. The zero-order valence-electron chi connectivity index (χ0n) is 11.1. The molecule has 1 nitrogen and oxygen atoms in total. The molecule has 0 saturated heterocycles. The first-order valence-electron chi connectivity index (χ1n) is 6.60. The van der Waals surface area contributed by atoms with Gasteiger partial charge in [-0.2, -0.15) is 0 Å². The Balaban J connectivity index is 2.26. The third-order valence-electron chi connectivity index (χ3n) is 3.39. The molecule has 0 bridgehead atoms. The molecule has 0 unspecified atom stereocenters. The lowest BCUT2D eigenvalue weighted by Gasteiger charge is -2.10. The molecule has 3 aromatic carbocycles. The Labute approximate surface area is 113 Å². The molecule has 0 aliphatic rings. The highest BCUT2D eigenvalue weighted by Gasteiger charge is 2.05. The molecular weight excluding hydrogens is 230 g/mol. The smallest absolute Gasteiger partial charge is 0.0202 e. The van der Waals surface area contributed by atoms with Gasteiger partial charge in [-0.25, -0.2) is 0 Å². The zero-order valence-corrected chi connectivity index (χ0v) is 11.1. The number of hydrogen-bond acceptors (Lipinski definition) is 1. The van der Waals surface area contributed by atoms with Crippen LogP contribution in [-0.4, -0.2) is 7.05 Å². The molecule has 0 aromatic heterocycles. The Morgan fingerprint density at radius 1 is 0.842 bits per heavy atom. The van der Waals surface area contributed by atoms with E-state index < -0.39 is 0 Å². The summed E-state index contributed by atoms with van der Waals surface area (Å²) in [4.78, 5) is 0. The van der Waals surface area contributed by atoms with Gasteiger partial charge in [0.15, 0.2) is 0 Å². The first-order valence-corrected chi connectivity index (χ1v) is 6.60. The maximum Gasteiger partial charge on any atom is 0.0202 e. The van der Waals surface area contributed by atoms with E-state index in [-0.39, 0.29) is 0 Å². The number of fused-ring (bicyclic) bond motifs is 1. The van der Waals surface area contributed by atoms with Crippen LogP contribution in [0.25, 0.3) is 21.9 Å². The van der Waals surface area contributed by atoms with Gasteiger partial charge in [-0.1, -0.05) is 54.6 Å². The Morgan fingerprint density at radius 3 is 2.37 bits per heavy atom. The zero-order chi connectivity index (χ0) is 13.1. The summed E-state index contributed by atoms with van der Waals surface area (Å²) < 4.78 is 0. The van der Waals surface area contributed by atoms with Crippen LogP contribution >= 0.6 is 0 Å². The fraction of sp³-hybridized carbons (Fsp3) is 0.111. The second-order valence-electron chi connectivity index (χ2n) is 4.76. The quantitative estimate of drug-likeness (QED) is 0.730. The Kier molecular flexibility index (Phi) is 3.30. The second kappa shape index (κ2) is 5.25. The van der Waals surface area contributed by atoms with Crippen molar-refractivity contribution in [3.05, 3.63) is 72.3 Å². The van der Waals surface area contributed by atoms with Crippen LogP contribution in [-0.2, 0) is 6.54 Å². The van der Waals surface area contributed by atoms with Crippen LogP contribution < -0.4 is 5.32 Å². The number of nitrogens with one attached hydrogen (secondary N) is 1. The number of rotatable bonds is 3. The van der Waals surface area contributed by atoms with Crippen molar-refractivity contribution in [1.82, 2.24) is 5.32 Å². The Hall–Kier alpha value is -2.12. The highest BCUT2D eigenvalue weighted by atomic mass is 14.8. The maximum atomic E-state index is 3.23. The van der Waals surface area contributed by atoms with Gasteiger partial charge in [0.2, 0.25) is 0 Å². The Morgan fingerprint density at radius 2 is 1.58 bits per heavy atom. The summed E-state index contributed by atoms with van der Waals surface area (Å²) in [6.45, 7) is 0.894. The molecule has 0 amide bonds. The lowest BCUT2D eigenvalue weighted by atomic mass is 9.95. The van der Waals surface area contributed by atoms with E-state index in [1.165, 1.54) is 27.5 Å². The number of hydrogen-bond donors (Lipinski definition) is 1. The molecule has 0 saturated carbocycles. The predicted molar refractivity (Wildman–Crippen MR) is 82.1 cm³/mol. The van der Waals surface area contributed by atoms with Gasteiger partial charge < -0.3 is 5.32 Å². The molecule has 94 valence electrons. The molecule has 0 heterocycles. The van der Waals surface area contributed by atoms with Crippen molar-refractivity contribution in [3.63, 3.8) is 0 Å². The van der Waals surface area contributed by atoms with Crippen LogP contribution in [0.3, 0.4) is 0 Å². The van der Waals surface area contributed by atoms with Crippen LogP contribution in [0.15, 0.2) is 66.7 Å². The minimum Gasteiger partial charge on any atom is -0.316 e. The molecule has 3 rings (SSSR count). The molecule has 1 N–H and O–H groups in total. The molecule has 19 heavy (non-hydrogen) atoms. The first-order chi connectivity index (χ1) is 9.38. The van der Waals surface area contributed by atoms with Gasteiger partial charge in [0.05, 0.1) is 0 Å². The first kappa shape index (κ1) is 11.9. The van der Waals surface area contributed by atoms with Gasteiger partial charge in [-0.05, 0) is 46.6 Å². The average molecular weight is 247 g/mol. The van der Waals surface area contributed by atoms with Crippen molar-refractivity contribution >= 4 is 10.8 Å². The molecule has 3 aromatic rings. The van der Waals surface area contributed by atoms with E-state index >= 15 is 0 Å². The molecule has 0 radical (unpaired) electrons. The van der Waals surface area contributed by atoms with E-state index in [4.69, 9.17) is 0 Å². The van der Waals surface area contributed by atoms with E-state index in [9.17, 15) is 0 Å². The average Bonchev–Trinajstić information content (AvgIpc) is 2.48. The van der Waals surface area contributed by atoms with Crippen LogP contribution in [0.1, 0.15) is 5.56 Å². The summed E-state index contributed by atoms with van der Waals surface area (Å²) in [6.07, 6.45) is 0. The standard InChI is InChI=1S/C18H17N/c1-19-13-14-11-16-9-5-6-10-17(16)18(12-14)15-7-3-2-4-8-15/h2-12,19H,13H2,1H3. The van der Waals surface area contributed by atoms with Crippen molar-refractivity contribution in [3.8, 4) is 11.1 Å². The van der Waals surface area contributed by atoms with Crippen LogP contribution in [0.4, 0.5) is 0 Å². The molecule has 0 aliphatic heterocycles. The lowest BCUT2D eigenvalue weighted by Crippen LogP contribution is -2.05. The largest absolute Gasteiger partial charge is 0.316 e. The molecule has 0 atom stereocenters. The Bertz CT molecular complexity index is 686. The van der Waals surface area contributed by atoms with Crippen LogP contribution in [0.5, 0.6) is 0 Å². The van der Waals surface area contributed by atoms with Crippen LogP contribution in [0, 0.1) is 0 Å². The molecule has 0 aliphatic carbocycles. The maximum absolute atomic E-state index is 3.23. The van der Waals surface area contributed by atoms with E-state index in [2.05, 4.69) is 72.0 Å². The van der Waals surface area contributed by atoms with Gasteiger partial charge in [0, 0.05) is 6.54 Å². The minimum atomic E-state index is 0.894. The summed E-state index contributed by atoms with van der Waals surface area (Å²) in [5, 5.41) is 5.84. The molecule has 0 fully saturated rings. The van der Waals surface area contributed by atoms with Crippen molar-refractivity contribution in [2.24, 2.45) is 0 Å². The van der Waals surface area contributed by atoms with E-state index in [1.807, 2.05) is 7.05 Å². The fourth-order valence-electron chi connectivity index (χ4n) is 2.54. The van der Waals surface area contributed by atoms with Gasteiger partial charge in [0.25, 0.3) is 0 Å². The minimum absolute atomic E-state index is 0.894. The van der Waals surface area contributed by atoms with Crippen LogP contribution in [0.2, 0.25) is 0 Å². The van der Waals surface area contributed by atoms with Crippen molar-refractivity contribution in [1.29, 1.82) is 0 Å². The third kappa shape index (κ3) is 2.38. The third-order valence-corrected chi connectivity index (χ3v) is 3.39. The predicted octanol–water partition coefficient (Wildman–Crippen LogP) is 4.23. The van der Waals surface area contributed by atoms with E-state index in [0.717, 1.165) is 6.54 Å². The van der Waals surface area contributed by atoms with E-state index in [0.29, 0.717) is 0 Å². The number of benzene rings is 3. The highest BCUT2D eigenvalue weighted by molar-refractivity contribution is 5.97. The monoisotopic (exact) mass is 247 g/mol. The van der Waals surface area contributed by atoms with Gasteiger partial charge >= 0.3 is 0 Å². The van der Waals surface area contributed by atoms with Crippen molar-refractivity contribution < 1.29 is 0 Å². The summed E-state index contributed by atoms with van der Waals surface area (Å²) in [7, 11) is 1.98. The SMILES string of the molecule is CNCc1cc(-c2ccccc2)c2ccccc2c1. The van der Waals surface area contributed by atoms with Gasteiger partial charge in [-0.3, -0.25) is 0 Å². The second-order valence-corrected chi connectivity index (χ2v) is 4.76. The lowest BCUT2D eigenvalue weighted by molar-refractivity contribution is 0.819. The topological polar surface area (TPSA) is 12.0 Å².